The normalized spacial score (nSPS) is 11.2. The molecule has 0 amide bonds. The summed E-state index contributed by atoms with van der Waals surface area (Å²) >= 11 is 0. The Balaban J connectivity index is 1.62. The number of ether oxygens (including phenoxy) is 1. The molecule has 0 aliphatic heterocycles. The molecule has 7 nitrogen and oxygen atoms in total. The minimum absolute atomic E-state index is 0.751. The Hall–Kier alpha value is -3.87. The quantitative estimate of drug-likeness (QED) is 0.485. The molecule has 5 rings (SSSR count). The molecular formula is C21H18N6O. The molecule has 0 saturated carbocycles. The Bertz CT molecular complexity index is 1260. The molecule has 0 aliphatic carbocycles. The van der Waals surface area contributed by atoms with Gasteiger partial charge in [0.25, 0.3) is 0 Å². The van der Waals surface area contributed by atoms with Crippen LogP contribution in [0.5, 0.6) is 5.75 Å². The topological polar surface area (TPSA) is 62.2 Å². The van der Waals surface area contributed by atoms with Gasteiger partial charge in [-0.25, -0.2) is 9.20 Å². The summed E-state index contributed by atoms with van der Waals surface area (Å²) in [5.41, 5.74) is 5.87. The van der Waals surface area contributed by atoms with Crippen molar-refractivity contribution in [1.82, 2.24) is 29.2 Å². The molecule has 0 bridgehead atoms. The molecule has 1 aromatic carbocycles. The molecule has 28 heavy (non-hydrogen) atoms. The molecule has 0 unspecified atom stereocenters. The summed E-state index contributed by atoms with van der Waals surface area (Å²) < 4.78 is 11.2. The number of hydrogen-bond acceptors (Lipinski definition) is 4. The van der Waals surface area contributed by atoms with Crippen molar-refractivity contribution < 1.29 is 4.74 Å². The largest absolute Gasteiger partial charge is 0.494 e. The van der Waals surface area contributed by atoms with Crippen molar-refractivity contribution in [2.24, 2.45) is 7.05 Å². The van der Waals surface area contributed by atoms with Crippen molar-refractivity contribution in [1.29, 1.82) is 0 Å². The van der Waals surface area contributed by atoms with Crippen molar-refractivity contribution in [3.05, 3.63) is 73.6 Å². The monoisotopic (exact) mass is 370 g/mol. The zero-order valence-electron chi connectivity index (χ0n) is 15.5. The van der Waals surface area contributed by atoms with Gasteiger partial charge < -0.3 is 4.74 Å². The highest BCUT2D eigenvalue weighted by molar-refractivity contribution is 5.86. The van der Waals surface area contributed by atoms with E-state index in [9.17, 15) is 0 Å². The van der Waals surface area contributed by atoms with Crippen molar-refractivity contribution in [3.8, 4) is 33.7 Å². The van der Waals surface area contributed by atoms with Gasteiger partial charge in [-0.1, -0.05) is 18.2 Å². The van der Waals surface area contributed by atoms with Crippen molar-refractivity contribution in [3.63, 3.8) is 0 Å². The minimum Gasteiger partial charge on any atom is -0.494 e. The predicted octanol–water partition coefficient (Wildman–Crippen LogP) is 3.60. The zero-order chi connectivity index (χ0) is 19.1. The first kappa shape index (κ1) is 16.3. The van der Waals surface area contributed by atoms with E-state index in [2.05, 4.69) is 15.3 Å². The molecule has 0 aliphatic rings. The van der Waals surface area contributed by atoms with Gasteiger partial charge in [0.05, 0.1) is 31.4 Å². The number of para-hydroxylation sites is 1. The lowest BCUT2D eigenvalue weighted by atomic mass is 10.1. The molecule has 5 aromatic rings. The standard InChI is InChI=1S/C21H18N6O/c1-25-12-16(9-22-25)15-8-20(28-2)21-19(11-24-27(21)13-15)17-10-23-26(14-17)18-6-4-3-5-7-18/h3-14H,1-2H3. The molecule has 0 saturated heterocycles. The first-order valence-corrected chi connectivity index (χ1v) is 8.88. The summed E-state index contributed by atoms with van der Waals surface area (Å²) in [7, 11) is 3.57. The van der Waals surface area contributed by atoms with Crippen LogP contribution >= 0.6 is 0 Å². The molecule has 0 radical (unpaired) electrons. The Morgan fingerprint density at radius 2 is 1.64 bits per heavy atom. The number of nitrogens with zero attached hydrogens (tertiary/aromatic N) is 6. The molecule has 4 aromatic heterocycles. The van der Waals surface area contributed by atoms with E-state index in [0.29, 0.717) is 0 Å². The summed E-state index contributed by atoms with van der Waals surface area (Å²) in [6, 6.07) is 12.0. The Morgan fingerprint density at radius 3 is 2.39 bits per heavy atom. The third-order valence-electron chi connectivity index (χ3n) is 4.75. The van der Waals surface area contributed by atoms with Crippen LogP contribution in [0.1, 0.15) is 0 Å². The van der Waals surface area contributed by atoms with Crippen LogP contribution in [0.3, 0.4) is 0 Å². The first-order valence-electron chi connectivity index (χ1n) is 8.88. The summed E-state index contributed by atoms with van der Waals surface area (Å²) in [5.74, 6) is 0.751. The van der Waals surface area contributed by atoms with Crippen molar-refractivity contribution in [2.75, 3.05) is 7.11 Å². The van der Waals surface area contributed by atoms with Crippen LogP contribution in [0.25, 0.3) is 33.5 Å². The Morgan fingerprint density at radius 1 is 0.821 bits per heavy atom. The minimum atomic E-state index is 0.751. The molecule has 0 spiro atoms. The van der Waals surface area contributed by atoms with E-state index in [1.807, 2.05) is 89.8 Å². The number of pyridine rings is 1. The lowest BCUT2D eigenvalue weighted by Gasteiger charge is -2.07. The highest BCUT2D eigenvalue weighted by Crippen LogP contribution is 2.34. The van der Waals surface area contributed by atoms with Gasteiger partial charge in [0.1, 0.15) is 11.3 Å². The predicted molar refractivity (Wildman–Crippen MR) is 107 cm³/mol. The summed E-state index contributed by atoms with van der Waals surface area (Å²) in [4.78, 5) is 0. The number of aryl methyl sites for hydroxylation is 1. The second-order valence-electron chi connectivity index (χ2n) is 6.56. The summed E-state index contributed by atoms with van der Waals surface area (Å²) in [5, 5.41) is 13.3. The number of fused-ring (bicyclic) bond motifs is 1. The summed E-state index contributed by atoms with van der Waals surface area (Å²) in [6.07, 6.45) is 11.5. The third kappa shape index (κ3) is 2.64. The summed E-state index contributed by atoms with van der Waals surface area (Å²) in [6.45, 7) is 0. The molecule has 7 heteroatoms. The highest BCUT2D eigenvalue weighted by atomic mass is 16.5. The zero-order valence-corrected chi connectivity index (χ0v) is 15.5. The van der Waals surface area contributed by atoms with Crippen LogP contribution in [0.15, 0.2) is 73.6 Å². The van der Waals surface area contributed by atoms with Crippen LogP contribution in [-0.2, 0) is 7.05 Å². The van der Waals surface area contributed by atoms with Crippen LogP contribution in [0.4, 0.5) is 0 Å². The van der Waals surface area contributed by atoms with E-state index in [0.717, 1.165) is 39.2 Å². The van der Waals surface area contributed by atoms with Gasteiger partial charge in [-0.15, -0.1) is 0 Å². The first-order chi connectivity index (χ1) is 13.7. The maximum atomic E-state index is 5.69. The fraction of sp³-hybridized carbons (Fsp3) is 0.0952. The van der Waals surface area contributed by atoms with Gasteiger partial charge in [0, 0.05) is 47.9 Å². The number of methoxy groups -OCH3 is 1. The third-order valence-corrected chi connectivity index (χ3v) is 4.75. The number of hydrogen-bond donors (Lipinski definition) is 0. The molecule has 0 N–H and O–H groups in total. The van der Waals surface area contributed by atoms with Crippen LogP contribution < -0.4 is 4.74 Å². The van der Waals surface area contributed by atoms with E-state index < -0.39 is 0 Å². The second-order valence-corrected chi connectivity index (χ2v) is 6.56. The van der Waals surface area contributed by atoms with Gasteiger partial charge in [-0.2, -0.15) is 15.3 Å². The van der Waals surface area contributed by atoms with Gasteiger partial charge in [0.2, 0.25) is 0 Å². The number of benzene rings is 1. The van der Waals surface area contributed by atoms with E-state index in [1.165, 1.54) is 0 Å². The van der Waals surface area contributed by atoms with E-state index in [1.54, 1.807) is 11.8 Å². The second kappa shape index (κ2) is 6.38. The Labute approximate surface area is 161 Å². The fourth-order valence-corrected chi connectivity index (χ4v) is 3.36. The van der Waals surface area contributed by atoms with Crippen LogP contribution in [0.2, 0.25) is 0 Å². The van der Waals surface area contributed by atoms with Gasteiger partial charge in [-0.05, 0) is 18.2 Å². The molecule has 0 atom stereocenters. The molecular weight excluding hydrogens is 352 g/mol. The molecule has 0 fully saturated rings. The smallest absolute Gasteiger partial charge is 0.145 e. The maximum Gasteiger partial charge on any atom is 0.145 e. The van der Waals surface area contributed by atoms with E-state index in [4.69, 9.17) is 4.74 Å². The average Bonchev–Trinajstić information content (AvgIpc) is 3.46. The SMILES string of the molecule is COc1cc(-c2cnn(C)c2)cn2ncc(-c3cnn(-c4ccccc4)c3)c12. The average molecular weight is 370 g/mol. The van der Waals surface area contributed by atoms with Gasteiger partial charge in [0.15, 0.2) is 0 Å². The van der Waals surface area contributed by atoms with Crippen LogP contribution in [-0.4, -0.2) is 36.3 Å². The van der Waals surface area contributed by atoms with Crippen molar-refractivity contribution in [2.45, 2.75) is 0 Å². The van der Waals surface area contributed by atoms with E-state index >= 15 is 0 Å². The Kier molecular flexibility index (Phi) is 3.72. The number of aromatic nitrogens is 6. The fourth-order valence-electron chi connectivity index (χ4n) is 3.36. The molecule has 4 heterocycles. The van der Waals surface area contributed by atoms with Gasteiger partial charge in [-0.3, -0.25) is 4.68 Å². The maximum absolute atomic E-state index is 5.69. The van der Waals surface area contributed by atoms with Gasteiger partial charge >= 0.3 is 0 Å². The van der Waals surface area contributed by atoms with Crippen molar-refractivity contribution >= 4 is 5.52 Å². The highest BCUT2D eigenvalue weighted by Gasteiger charge is 2.16. The molecule has 138 valence electrons. The number of rotatable bonds is 4. The van der Waals surface area contributed by atoms with Crippen LogP contribution in [0, 0.1) is 0 Å². The lowest BCUT2D eigenvalue weighted by Crippen LogP contribution is -1.94. The van der Waals surface area contributed by atoms with E-state index in [-0.39, 0.29) is 0 Å². The lowest BCUT2D eigenvalue weighted by molar-refractivity contribution is 0.418.